The first-order valence-electron chi connectivity index (χ1n) is 7.70. The average molecular weight is 335 g/mol. The lowest BCUT2D eigenvalue weighted by molar-refractivity contribution is 0.0749. The van der Waals surface area contributed by atoms with Crippen LogP contribution in [0.3, 0.4) is 0 Å². The molecule has 2 N–H and O–H groups in total. The van der Waals surface area contributed by atoms with E-state index >= 15 is 0 Å². The molecular formula is C17H25N3O2S. The van der Waals surface area contributed by atoms with Crippen LogP contribution >= 0.6 is 11.3 Å². The van der Waals surface area contributed by atoms with Gasteiger partial charge in [0.2, 0.25) is 5.89 Å². The first-order valence-corrected chi connectivity index (χ1v) is 8.52. The highest BCUT2D eigenvalue weighted by Crippen LogP contribution is 2.24. The first-order chi connectivity index (χ1) is 10.6. The lowest BCUT2D eigenvalue weighted by Gasteiger charge is -2.16. The molecule has 5 nitrogen and oxygen atoms in total. The summed E-state index contributed by atoms with van der Waals surface area (Å²) in [7, 11) is 0. The Balaban J connectivity index is 1.92. The molecule has 0 bridgehead atoms. The van der Waals surface area contributed by atoms with Crippen LogP contribution in [0.4, 0.5) is 5.13 Å². The number of rotatable bonds is 6. The Morgan fingerprint density at radius 2 is 1.91 bits per heavy atom. The molecule has 2 aromatic rings. The standard InChI is InChI=1S/C17H25N3O2S/c1-16(2,3)13-11-19-14(22-13)7-6-12-10-20-15(23-12)18-9-8-17(4,5)21/h6-7,10-11,21H,8-9H2,1-5H3,(H,18,20). The van der Waals surface area contributed by atoms with Gasteiger partial charge in [-0.3, -0.25) is 0 Å². The zero-order chi connectivity index (χ0) is 17.1. The van der Waals surface area contributed by atoms with Gasteiger partial charge in [0.15, 0.2) is 5.13 Å². The highest BCUT2D eigenvalue weighted by atomic mass is 32.1. The summed E-state index contributed by atoms with van der Waals surface area (Å²) in [5.74, 6) is 1.47. The molecule has 0 spiro atoms. The monoisotopic (exact) mass is 335 g/mol. The Morgan fingerprint density at radius 1 is 1.17 bits per heavy atom. The van der Waals surface area contributed by atoms with E-state index < -0.39 is 5.60 Å². The van der Waals surface area contributed by atoms with Crippen LogP contribution in [0, 0.1) is 0 Å². The van der Waals surface area contributed by atoms with Crippen LogP contribution in [0.1, 0.15) is 57.6 Å². The van der Waals surface area contributed by atoms with Crippen LogP contribution in [0.5, 0.6) is 0 Å². The normalized spacial score (nSPS) is 13.0. The predicted octanol–water partition coefficient (Wildman–Crippen LogP) is 4.17. The number of nitrogens with one attached hydrogen (secondary N) is 1. The summed E-state index contributed by atoms with van der Waals surface area (Å²) in [4.78, 5) is 9.60. The van der Waals surface area contributed by atoms with Gasteiger partial charge in [-0.2, -0.15) is 0 Å². The zero-order valence-electron chi connectivity index (χ0n) is 14.4. The lowest BCUT2D eigenvalue weighted by Crippen LogP contribution is -2.22. The molecule has 0 aromatic carbocycles. The van der Waals surface area contributed by atoms with Gasteiger partial charge in [-0.15, -0.1) is 0 Å². The number of hydrogen-bond donors (Lipinski definition) is 2. The van der Waals surface area contributed by atoms with E-state index in [2.05, 4.69) is 36.1 Å². The Hall–Kier alpha value is -1.66. The van der Waals surface area contributed by atoms with Gasteiger partial charge in [0.05, 0.1) is 11.8 Å². The van der Waals surface area contributed by atoms with E-state index in [-0.39, 0.29) is 5.41 Å². The van der Waals surface area contributed by atoms with E-state index in [0.29, 0.717) is 18.9 Å². The number of hydrogen-bond acceptors (Lipinski definition) is 6. The maximum absolute atomic E-state index is 9.68. The second-order valence-electron chi connectivity index (χ2n) is 7.20. The molecule has 0 radical (unpaired) electrons. The Morgan fingerprint density at radius 3 is 2.52 bits per heavy atom. The van der Waals surface area contributed by atoms with Crippen LogP contribution in [0.2, 0.25) is 0 Å². The third-order valence-corrected chi connectivity index (χ3v) is 4.11. The maximum atomic E-state index is 9.68. The molecule has 0 saturated heterocycles. The Bertz CT molecular complexity index is 660. The van der Waals surface area contributed by atoms with Crippen molar-refractivity contribution >= 4 is 28.6 Å². The molecule has 0 unspecified atom stereocenters. The second kappa shape index (κ2) is 6.84. The van der Waals surface area contributed by atoms with Gasteiger partial charge in [0.1, 0.15) is 5.76 Å². The number of aliphatic hydroxyl groups is 1. The largest absolute Gasteiger partial charge is 0.441 e. The predicted molar refractivity (Wildman–Crippen MR) is 95.6 cm³/mol. The van der Waals surface area contributed by atoms with E-state index in [0.717, 1.165) is 15.8 Å². The molecule has 23 heavy (non-hydrogen) atoms. The highest BCUT2D eigenvalue weighted by molar-refractivity contribution is 7.16. The minimum absolute atomic E-state index is 0.0405. The van der Waals surface area contributed by atoms with Gasteiger partial charge in [-0.05, 0) is 26.3 Å². The van der Waals surface area contributed by atoms with Crippen molar-refractivity contribution in [2.24, 2.45) is 0 Å². The van der Waals surface area contributed by atoms with Gasteiger partial charge < -0.3 is 14.8 Å². The number of oxazole rings is 1. The second-order valence-corrected chi connectivity index (χ2v) is 8.27. The molecule has 0 aliphatic carbocycles. The summed E-state index contributed by atoms with van der Waals surface area (Å²) in [6.07, 6.45) is 8.04. The number of nitrogens with zero attached hydrogens (tertiary/aromatic N) is 2. The van der Waals surface area contributed by atoms with Crippen molar-refractivity contribution < 1.29 is 9.52 Å². The van der Waals surface area contributed by atoms with Crippen molar-refractivity contribution in [3.8, 4) is 0 Å². The van der Waals surface area contributed by atoms with Crippen molar-refractivity contribution in [3.63, 3.8) is 0 Å². The number of thiazole rings is 1. The third kappa shape index (κ3) is 5.80. The van der Waals surface area contributed by atoms with Crippen molar-refractivity contribution in [1.82, 2.24) is 9.97 Å². The average Bonchev–Trinajstić information content (AvgIpc) is 3.02. The molecule has 6 heteroatoms. The quantitative estimate of drug-likeness (QED) is 0.829. The molecule has 2 rings (SSSR count). The van der Waals surface area contributed by atoms with Crippen LogP contribution in [0.15, 0.2) is 16.8 Å². The van der Waals surface area contributed by atoms with Gasteiger partial charge in [0.25, 0.3) is 0 Å². The lowest BCUT2D eigenvalue weighted by atomic mass is 9.94. The van der Waals surface area contributed by atoms with E-state index in [4.69, 9.17) is 4.42 Å². The maximum Gasteiger partial charge on any atom is 0.218 e. The molecule has 2 aromatic heterocycles. The van der Waals surface area contributed by atoms with Gasteiger partial charge in [-0.25, -0.2) is 9.97 Å². The summed E-state index contributed by atoms with van der Waals surface area (Å²) in [5, 5.41) is 13.7. The van der Waals surface area contributed by atoms with Gasteiger partial charge in [0, 0.05) is 29.1 Å². The molecule has 0 fully saturated rings. The van der Waals surface area contributed by atoms with Crippen LogP contribution < -0.4 is 5.32 Å². The summed E-state index contributed by atoms with van der Waals surface area (Å²) < 4.78 is 5.72. The third-order valence-electron chi connectivity index (χ3n) is 3.19. The highest BCUT2D eigenvalue weighted by Gasteiger charge is 2.18. The molecule has 2 heterocycles. The Labute approximate surface area is 141 Å². The number of anilines is 1. The van der Waals surface area contributed by atoms with E-state index in [1.807, 2.05) is 12.2 Å². The van der Waals surface area contributed by atoms with E-state index in [9.17, 15) is 5.11 Å². The fourth-order valence-corrected chi connectivity index (χ4v) is 2.53. The molecule has 0 saturated carbocycles. The van der Waals surface area contributed by atoms with E-state index in [1.54, 1.807) is 37.6 Å². The minimum Gasteiger partial charge on any atom is -0.441 e. The van der Waals surface area contributed by atoms with Crippen LogP contribution in [0.25, 0.3) is 12.2 Å². The molecule has 0 aliphatic rings. The van der Waals surface area contributed by atoms with Crippen molar-refractivity contribution in [2.75, 3.05) is 11.9 Å². The van der Waals surface area contributed by atoms with Gasteiger partial charge >= 0.3 is 0 Å². The minimum atomic E-state index is -0.664. The zero-order valence-corrected chi connectivity index (χ0v) is 15.2. The fraction of sp³-hybridized carbons (Fsp3) is 0.529. The Kier molecular flexibility index (Phi) is 5.26. The summed E-state index contributed by atoms with van der Waals surface area (Å²) in [6, 6.07) is 0. The summed E-state index contributed by atoms with van der Waals surface area (Å²) in [6.45, 7) is 10.6. The van der Waals surface area contributed by atoms with Crippen molar-refractivity contribution in [2.45, 2.75) is 52.1 Å². The van der Waals surface area contributed by atoms with Crippen molar-refractivity contribution in [1.29, 1.82) is 0 Å². The smallest absolute Gasteiger partial charge is 0.218 e. The van der Waals surface area contributed by atoms with Gasteiger partial charge in [-0.1, -0.05) is 32.1 Å². The molecule has 0 aliphatic heterocycles. The molecule has 0 atom stereocenters. The fourth-order valence-electron chi connectivity index (χ4n) is 1.79. The molecule has 126 valence electrons. The number of aromatic nitrogens is 2. The summed E-state index contributed by atoms with van der Waals surface area (Å²) >= 11 is 1.55. The van der Waals surface area contributed by atoms with Crippen LogP contribution in [-0.4, -0.2) is 27.2 Å². The summed E-state index contributed by atoms with van der Waals surface area (Å²) in [5.41, 5.74) is -0.705. The molecule has 0 amide bonds. The topological polar surface area (TPSA) is 71.2 Å². The van der Waals surface area contributed by atoms with Crippen LogP contribution in [-0.2, 0) is 5.41 Å². The van der Waals surface area contributed by atoms with Crippen molar-refractivity contribution in [3.05, 3.63) is 28.9 Å². The SMILES string of the molecule is CC(C)(O)CCNc1ncc(C=Cc2ncc(C(C)(C)C)o2)s1. The van der Waals surface area contributed by atoms with E-state index in [1.165, 1.54) is 0 Å². The first kappa shape index (κ1) is 17.7. The molecular weight excluding hydrogens is 310 g/mol.